The first kappa shape index (κ1) is 16.0. The third kappa shape index (κ3) is 3.39. The van der Waals surface area contributed by atoms with Gasteiger partial charge in [-0.15, -0.1) is 11.3 Å². The van der Waals surface area contributed by atoms with Crippen molar-refractivity contribution in [1.29, 1.82) is 0 Å². The molecule has 0 saturated heterocycles. The molecule has 118 valence electrons. The van der Waals surface area contributed by atoms with Crippen LogP contribution in [-0.4, -0.2) is 31.1 Å². The number of hydrogen-bond donors (Lipinski definition) is 1. The highest BCUT2D eigenvalue weighted by Crippen LogP contribution is 2.39. The van der Waals surface area contributed by atoms with Crippen LogP contribution in [0.1, 0.15) is 61.4 Å². The zero-order valence-corrected chi connectivity index (χ0v) is 15.7. The molecule has 2 aliphatic carbocycles. The lowest BCUT2D eigenvalue weighted by atomic mass is 9.80. The number of hydrogen-bond acceptors (Lipinski definition) is 3. The van der Waals surface area contributed by atoms with Crippen molar-refractivity contribution in [1.82, 2.24) is 10.2 Å². The van der Waals surface area contributed by atoms with Gasteiger partial charge >= 0.3 is 0 Å². The number of nitrogens with one attached hydrogen (secondary N) is 1. The summed E-state index contributed by atoms with van der Waals surface area (Å²) >= 11 is 5.59. The third-order valence-electron chi connectivity index (χ3n) is 5.49. The van der Waals surface area contributed by atoms with Crippen LogP contribution in [0.3, 0.4) is 0 Å². The third-order valence-corrected chi connectivity index (χ3v) is 7.21. The minimum Gasteiger partial charge on any atom is -0.308 e. The molecule has 1 atom stereocenters. The van der Waals surface area contributed by atoms with E-state index in [9.17, 15) is 0 Å². The predicted octanol–water partition coefficient (Wildman–Crippen LogP) is 4.74. The minimum atomic E-state index is 0.378. The molecule has 3 rings (SSSR count). The van der Waals surface area contributed by atoms with E-state index in [0.29, 0.717) is 11.6 Å². The van der Waals surface area contributed by atoms with Gasteiger partial charge in [-0.1, -0.05) is 19.3 Å². The highest BCUT2D eigenvalue weighted by molar-refractivity contribution is 9.11. The number of rotatable bonds is 4. The molecule has 0 amide bonds. The monoisotopic (exact) mass is 370 g/mol. The molecule has 0 bridgehead atoms. The summed E-state index contributed by atoms with van der Waals surface area (Å²) in [6.07, 6.45) is 10.8. The Morgan fingerprint density at radius 2 is 2.05 bits per heavy atom. The quantitative estimate of drug-likeness (QED) is 0.822. The van der Waals surface area contributed by atoms with Crippen LogP contribution in [0.15, 0.2) is 9.85 Å². The average Bonchev–Trinajstić information content (AvgIpc) is 2.86. The average molecular weight is 371 g/mol. The second-order valence-electron chi connectivity index (χ2n) is 6.93. The number of halogens is 1. The summed E-state index contributed by atoms with van der Waals surface area (Å²) in [4.78, 5) is 4.07. The van der Waals surface area contributed by atoms with Crippen LogP contribution < -0.4 is 5.32 Å². The van der Waals surface area contributed by atoms with Gasteiger partial charge in [-0.25, -0.2) is 0 Å². The standard InChI is InChI=1S/C17H27BrN2S/c1-20(2)17(9-4-3-5-10-17)12-19-14-7-6-8-15-13(14)11-16(18)21-15/h11,14,19H,3-10,12H2,1-2H3. The Kier molecular flexibility index (Phi) is 5.09. The van der Waals surface area contributed by atoms with E-state index in [0.717, 1.165) is 6.54 Å². The molecule has 1 fully saturated rings. The van der Waals surface area contributed by atoms with Crippen molar-refractivity contribution in [3.05, 3.63) is 20.3 Å². The Bertz CT molecular complexity index is 477. The maximum atomic E-state index is 3.93. The van der Waals surface area contributed by atoms with Crippen LogP contribution in [0, 0.1) is 0 Å². The maximum absolute atomic E-state index is 3.93. The minimum absolute atomic E-state index is 0.378. The summed E-state index contributed by atoms with van der Waals surface area (Å²) in [6, 6.07) is 2.91. The predicted molar refractivity (Wildman–Crippen MR) is 95.2 cm³/mol. The Morgan fingerprint density at radius 1 is 1.29 bits per heavy atom. The lowest BCUT2D eigenvalue weighted by molar-refractivity contribution is 0.0943. The maximum Gasteiger partial charge on any atom is 0.0704 e. The summed E-state index contributed by atoms with van der Waals surface area (Å²) in [6.45, 7) is 1.14. The Labute approximate surface area is 141 Å². The van der Waals surface area contributed by atoms with Crippen LogP contribution in [0.2, 0.25) is 0 Å². The lowest BCUT2D eigenvalue weighted by Gasteiger charge is -2.44. The number of likely N-dealkylation sites (N-methyl/N-ethyl adjacent to an activating group) is 1. The second-order valence-corrected chi connectivity index (χ2v) is 9.45. The van der Waals surface area contributed by atoms with E-state index in [2.05, 4.69) is 46.3 Å². The fourth-order valence-electron chi connectivity index (χ4n) is 4.04. The van der Waals surface area contributed by atoms with E-state index >= 15 is 0 Å². The first-order valence-corrected chi connectivity index (χ1v) is 9.91. The Morgan fingerprint density at radius 3 is 2.76 bits per heavy atom. The van der Waals surface area contributed by atoms with Gasteiger partial charge < -0.3 is 10.2 Å². The molecule has 2 aliphatic rings. The summed E-state index contributed by atoms with van der Waals surface area (Å²) in [5, 5.41) is 3.93. The van der Waals surface area contributed by atoms with E-state index in [-0.39, 0.29) is 0 Å². The van der Waals surface area contributed by atoms with Gasteiger partial charge in [0.25, 0.3) is 0 Å². The van der Waals surface area contributed by atoms with E-state index in [1.54, 1.807) is 10.4 Å². The highest BCUT2D eigenvalue weighted by Gasteiger charge is 2.35. The molecule has 0 spiro atoms. The number of thiophene rings is 1. The molecule has 0 radical (unpaired) electrons. The zero-order valence-electron chi connectivity index (χ0n) is 13.3. The van der Waals surface area contributed by atoms with Crippen LogP contribution >= 0.6 is 27.3 Å². The van der Waals surface area contributed by atoms with Crippen LogP contribution in [0.5, 0.6) is 0 Å². The van der Waals surface area contributed by atoms with Crippen molar-refractivity contribution in [2.24, 2.45) is 0 Å². The molecule has 1 saturated carbocycles. The van der Waals surface area contributed by atoms with Crippen molar-refractivity contribution in [3.63, 3.8) is 0 Å². The van der Waals surface area contributed by atoms with Gasteiger partial charge in [0, 0.05) is 23.0 Å². The molecule has 1 N–H and O–H groups in total. The Balaban J connectivity index is 1.69. The van der Waals surface area contributed by atoms with Crippen LogP contribution in [-0.2, 0) is 6.42 Å². The first-order chi connectivity index (χ1) is 10.1. The van der Waals surface area contributed by atoms with E-state index in [4.69, 9.17) is 0 Å². The first-order valence-electron chi connectivity index (χ1n) is 8.30. The molecule has 1 aromatic heterocycles. The number of aryl methyl sites for hydroxylation is 1. The van der Waals surface area contributed by atoms with Gasteiger partial charge in [-0.3, -0.25) is 0 Å². The molecule has 21 heavy (non-hydrogen) atoms. The summed E-state index contributed by atoms with van der Waals surface area (Å²) in [7, 11) is 4.53. The molecule has 1 heterocycles. The normalized spacial score (nSPS) is 25.0. The number of nitrogens with zero attached hydrogens (tertiary/aromatic N) is 1. The van der Waals surface area contributed by atoms with Crippen molar-refractivity contribution >= 4 is 27.3 Å². The smallest absolute Gasteiger partial charge is 0.0704 e. The van der Waals surface area contributed by atoms with Gasteiger partial charge in [-0.05, 0) is 73.8 Å². The SMILES string of the molecule is CN(C)C1(CNC2CCCc3sc(Br)cc32)CCCCC1. The van der Waals surface area contributed by atoms with Crippen molar-refractivity contribution < 1.29 is 0 Å². The summed E-state index contributed by atoms with van der Waals surface area (Å²) in [5.74, 6) is 0. The van der Waals surface area contributed by atoms with Gasteiger partial charge in [0.2, 0.25) is 0 Å². The molecule has 2 nitrogen and oxygen atoms in total. The second kappa shape index (κ2) is 6.69. The summed E-state index contributed by atoms with van der Waals surface area (Å²) in [5.41, 5.74) is 1.94. The van der Waals surface area contributed by atoms with E-state index in [1.807, 2.05) is 11.3 Å². The molecule has 0 aliphatic heterocycles. The van der Waals surface area contributed by atoms with Crippen LogP contribution in [0.4, 0.5) is 0 Å². The molecular formula is C17H27BrN2S. The fraction of sp³-hybridized carbons (Fsp3) is 0.765. The number of fused-ring (bicyclic) bond motifs is 1. The van der Waals surface area contributed by atoms with E-state index < -0.39 is 0 Å². The molecule has 0 aromatic carbocycles. The van der Waals surface area contributed by atoms with Gasteiger partial charge in [-0.2, -0.15) is 0 Å². The van der Waals surface area contributed by atoms with Crippen LogP contribution in [0.25, 0.3) is 0 Å². The fourth-order valence-corrected chi connectivity index (χ4v) is 5.86. The van der Waals surface area contributed by atoms with Crippen molar-refractivity contribution in [3.8, 4) is 0 Å². The van der Waals surface area contributed by atoms with Crippen molar-refractivity contribution in [2.45, 2.75) is 62.9 Å². The topological polar surface area (TPSA) is 15.3 Å². The molecule has 1 aromatic rings. The highest BCUT2D eigenvalue weighted by atomic mass is 79.9. The molecular weight excluding hydrogens is 344 g/mol. The van der Waals surface area contributed by atoms with E-state index in [1.165, 1.54) is 55.2 Å². The van der Waals surface area contributed by atoms with Crippen molar-refractivity contribution in [2.75, 3.05) is 20.6 Å². The summed E-state index contributed by atoms with van der Waals surface area (Å²) < 4.78 is 1.29. The Hall–Kier alpha value is 0.100. The largest absolute Gasteiger partial charge is 0.308 e. The zero-order chi connectivity index (χ0) is 14.9. The lowest BCUT2D eigenvalue weighted by Crippen LogP contribution is -2.53. The van der Waals surface area contributed by atoms with Gasteiger partial charge in [0.05, 0.1) is 3.79 Å². The molecule has 1 unspecified atom stereocenters. The van der Waals surface area contributed by atoms with Gasteiger partial charge in [0.15, 0.2) is 0 Å². The molecule has 4 heteroatoms. The van der Waals surface area contributed by atoms with Gasteiger partial charge in [0.1, 0.15) is 0 Å².